The molecule has 3 aromatic rings. The van der Waals surface area contributed by atoms with Crippen molar-refractivity contribution in [3.8, 4) is 22.8 Å². The number of aromatic nitrogens is 2. The lowest BCUT2D eigenvalue weighted by atomic mass is 10.0. The molecule has 1 aliphatic heterocycles. The molecule has 0 aliphatic carbocycles. The highest BCUT2D eigenvalue weighted by molar-refractivity contribution is 5.94. The van der Waals surface area contributed by atoms with Crippen LogP contribution in [0, 0.1) is 6.92 Å². The predicted octanol–water partition coefficient (Wildman–Crippen LogP) is 4.58. The smallest absolute Gasteiger partial charge is 0.258 e. The lowest BCUT2D eigenvalue weighted by Crippen LogP contribution is -2.18. The Hall–Kier alpha value is -3.41. The Labute approximate surface area is 163 Å². The summed E-state index contributed by atoms with van der Waals surface area (Å²) in [5, 5.41) is 10.4. The van der Waals surface area contributed by atoms with Crippen molar-refractivity contribution in [2.75, 3.05) is 17.2 Å². The quantitative estimate of drug-likeness (QED) is 0.639. The lowest BCUT2D eigenvalue weighted by Gasteiger charge is -2.16. The summed E-state index contributed by atoms with van der Waals surface area (Å²) < 4.78 is 5.49. The number of hydrogen-bond acceptors (Lipinski definition) is 5. The Balaban J connectivity index is 1.57. The van der Waals surface area contributed by atoms with Gasteiger partial charge in [0.1, 0.15) is 0 Å². The first kappa shape index (κ1) is 18.0. The molecule has 4 rings (SSSR count). The van der Waals surface area contributed by atoms with Crippen LogP contribution in [0.1, 0.15) is 24.5 Å². The highest BCUT2D eigenvalue weighted by Gasteiger charge is 2.17. The topological polar surface area (TPSA) is 80.0 Å². The van der Waals surface area contributed by atoms with Crippen molar-refractivity contribution in [3.05, 3.63) is 59.7 Å². The second-order valence-electron chi connectivity index (χ2n) is 7.18. The van der Waals surface area contributed by atoms with Crippen LogP contribution in [0.4, 0.5) is 11.4 Å². The number of nitrogens with one attached hydrogen (secondary N) is 2. The Kier molecular flexibility index (Phi) is 4.69. The van der Waals surface area contributed by atoms with Gasteiger partial charge in [-0.3, -0.25) is 4.79 Å². The standard InChI is InChI=1S/C22H22N4O2/c1-13(2)12-23-18-7-5-17(10-14(18)3)22-25-21(26-28-22)16-4-8-19-15(11-16)6-9-20(27)24-19/h4-5,7-8,10-11,23H,1,6,9,12H2,2-3H3,(H,24,27). The second kappa shape index (κ2) is 7.31. The van der Waals surface area contributed by atoms with E-state index in [-0.39, 0.29) is 5.91 Å². The van der Waals surface area contributed by atoms with Crippen LogP contribution in [0.2, 0.25) is 0 Å². The Morgan fingerprint density at radius 1 is 1.21 bits per heavy atom. The summed E-state index contributed by atoms with van der Waals surface area (Å²) in [6.07, 6.45) is 1.22. The third-order valence-corrected chi connectivity index (χ3v) is 4.74. The third kappa shape index (κ3) is 3.67. The van der Waals surface area contributed by atoms with Gasteiger partial charge in [-0.1, -0.05) is 17.3 Å². The van der Waals surface area contributed by atoms with E-state index in [0.717, 1.165) is 52.2 Å². The van der Waals surface area contributed by atoms with Gasteiger partial charge in [0, 0.05) is 35.5 Å². The fourth-order valence-electron chi connectivity index (χ4n) is 3.22. The first-order valence-corrected chi connectivity index (χ1v) is 9.26. The van der Waals surface area contributed by atoms with Gasteiger partial charge in [-0.05, 0) is 67.8 Å². The van der Waals surface area contributed by atoms with E-state index >= 15 is 0 Å². The summed E-state index contributed by atoms with van der Waals surface area (Å²) in [6.45, 7) is 8.68. The van der Waals surface area contributed by atoms with E-state index in [4.69, 9.17) is 4.52 Å². The number of hydrogen-bond donors (Lipinski definition) is 2. The first-order valence-electron chi connectivity index (χ1n) is 9.26. The van der Waals surface area contributed by atoms with Crippen molar-refractivity contribution in [2.24, 2.45) is 0 Å². The number of carbonyl (C=O) groups excluding carboxylic acids is 1. The zero-order valence-electron chi connectivity index (χ0n) is 16.0. The van der Waals surface area contributed by atoms with Crippen molar-refractivity contribution >= 4 is 17.3 Å². The zero-order valence-corrected chi connectivity index (χ0v) is 16.0. The number of carbonyl (C=O) groups is 1. The average molecular weight is 374 g/mol. The van der Waals surface area contributed by atoms with Crippen molar-refractivity contribution in [3.63, 3.8) is 0 Å². The molecule has 2 aromatic carbocycles. The molecule has 142 valence electrons. The summed E-state index contributed by atoms with van der Waals surface area (Å²) in [5.74, 6) is 1.08. The van der Waals surface area contributed by atoms with Gasteiger partial charge in [0.15, 0.2) is 0 Å². The number of aryl methyl sites for hydroxylation is 2. The fourth-order valence-corrected chi connectivity index (χ4v) is 3.22. The van der Waals surface area contributed by atoms with E-state index in [2.05, 4.69) is 27.4 Å². The summed E-state index contributed by atoms with van der Waals surface area (Å²) in [7, 11) is 0. The molecular weight excluding hydrogens is 352 g/mol. The number of nitrogens with zero attached hydrogens (tertiary/aromatic N) is 2. The molecule has 0 saturated heterocycles. The molecule has 2 heterocycles. The first-order chi connectivity index (χ1) is 13.5. The fraction of sp³-hybridized carbons (Fsp3) is 0.227. The van der Waals surface area contributed by atoms with Crippen LogP contribution in [-0.2, 0) is 11.2 Å². The maximum Gasteiger partial charge on any atom is 0.258 e. The Morgan fingerprint density at radius 2 is 2.04 bits per heavy atom. The van der Waals surface area contributed by atoms with Crippen LogP contribution in [0.25, 0.3) is 22.8 Å². The van der Waals surface area contributed by atoms with Crippen LogP contribution in [0.15, 0.2) is 53.1 Å². The number of anilines is 2. The largest absolute Gasteiger partial charge is 0.381 e. The van der Waals surface area contributed by atoms with E-state index in [1.165, 1.54) is 0 Å². The van der Waals surface area contributed by atoms with E-state index < -0.39 is 0 Å². The average Bonchev–Trinajstić information content (AvgIpc) is 3.16. The minimum Gasteiger partial charge on any atom is -0.381 e. The van der Waals surface area contributed by atoms with Gasteiger partial charge in [-0.2, -0.15) is 4.98 Å². The van der Waals surface area contributed by atoms with E-state index in [1.807, 2.05) is 50.2 Å². The monoisotopic (exact) mass is 374 g/mol. The molecule has 1 amide bonds. The van der Waals surface area contributed by atoms with Crippen LogP contribution in [0.5, 0.6) is 0 Å². The molecule has 1 aliphatic rings. The molecule has 0 spiro atoms. The lowest BCUT2D eigenvalue weighted by molar-refractivity contribution is -0.116. The van der Waals surface area contributed by atoms with Crippen molar-refractivity contribution < 1.29 is 9.32 Å². The zero-order chi connectivity index (χ0) is 19.7. The normalized spacial score (nSPS) is 13.0. The van der Waals surface area contributed by atoms with E-state index in [9.17, 15) is 4.79 Å². The molecule has 0 unspecified atom stereocenters. The maximum atomic E-state index is 11.5. The minimum atomic E-state index is 0.0543. The van der Waals surface area contributed by atoms with Crippen LogP contribution < -0.4 is 10.6 Å². The van der Waals surface area contributed by atoms with Crippen molar-refractivity contribution in [2.45, 2.75) is 26.7 Å². The number of fused-ring (bicyclic) bond motifs is 1. The van der Waals surface area contributed by atoms with Crippen molar-refractivity contribution in [1.82, 2.24) is 10.1 Å². The van der Waals surface area contributed by atoms with Gasteiger partial charge in [0.25, 0.3) is 5.89 Å². The van der Waals surface area contributed by atoms with Crippen LogP contribution in [0.3, 0.4) is 0 Å². The molecule has 28 heavy (non-hydrogen) atoms. The molecule has 2 N–H and O–H groups in total. The molecule has 6 nitrogen and oxygen atoms in total. The molecular formula is C22H22N4O2. The van der Waals surface area contributed by atoms with Gasteiger partial charge in [-0.15, -0.1) is 0 Å². The van der Waals surface area contributed by atoms with Gasteiger partial charge in [0.05, 0.1) is 0 Å². The highest BCUT2D eigenvalue weighted by atomic mass is 16.5. The summed E-state index contributed by atoms with van der Waals surface area (Å²) in [5.41, 5.74) is 6.94. The summed E-state index contributed by atoms with van der Waals surface area (Å²) >= 11 is 0. The molecule has 0 atom stereocenters. The molecule has 0 saturated carbocycles. The second-order valence-corrected chi connectivity index (χ2v) is 7.18. The Bertz CT molecular complexity index is 1070. The predicted molar refractivity (Wildman–Crippen MR) is 110 cm³/mol. The molecule has 6 heteroatoms. The highest BCUT2D eigenvalue weighted by Crippen LogP contribution is 2.29. The van der Waals surface area contributed by atoms with Crippen molar-refractivity contribution in [1.29, 1.82) is 0 Å². The van der Waals surface area contributed by atoms with Gasteiger partial charge >= 0.3 is 0 Å². The van der Waals surface area contributed by atoms with Gasteiger partial charge < -0.3 is 15.2 Å². The Morgan fingerprint density at radius 3 is 2.82 bits per heavy atom. The van der Waals surface area contributed by atoms with E-state index in [0.29, 0.717) is 18.1 Å². The van der Waals surface area contributed by atoms with Gasteiger partial charge in [-0.25, -0.2) is 0 Å². The van der Waals surface area contributed by atoms with Crippen LogP contribution >= 0.6 is 0 Å². The number of benzene rings is 2. The summed E-state index contributed by atoms with van der Waals surface area (Å²) in [6, 6.07) is 11.8. The molecule has 0 bridgehead atoms. The van der Waals surface area contributed by atoms with Gasteiger partial charge in [0.2, 0.25) is 11.7 Å². The number of rotatable bonds is 5. The molecule has 0 fully saturated rings. The number of amides is 1. The SMILES string of the molecule is C=C(C)CNc1ccc(-c2nc(-c3ccc4c(c3)CCC(=O)N4)no2)cc1C. The maximum absolute atomic E-state index is 11.5. The molecule has 0 radical (unpaired) electrons. The third-order valence-electron chi connectivity index (χ3n) is 4.74. The summed E-state index contributed by atoms with van der Waals surface area (Å²) in [4.78, 5) is 16.1. The minimum absolute atomic E-state index is 0.0543. The molecule has 1 aromatic heterocycles. The van der Waals surface area contributed by atoms with Crippen LogP contribution in [-0.4, -0.2) is 22.6 Å². The van der Waals surface area contributed by atoms with E-state index in [1.54, 1.807) is 0 Å².